The van der Waals surface area contributed by atoms with Crippen molar-refractivity contribution in [2.45, 2.75) is 6.92 Å². The molecule has 0 unspecified atom stereocenters. The Morgan fingerprint density at radius 2 is 1.82 bits per heavy atom. The molecular weight excluding hydrogens is 217 g/mol. The Labute approximate surface area is 99.1 Å². The van der Waals surface area contributed by atoms with E-state index in [-0.39, 0.29) is 11.6 Å². The summed E-state index contributed by atoms with van der Waals surface area (Å²) in [7, 11) is 0. The molecule has 0 aliphatic carbocycles. The van der Waals surface area contributed by atoms with Gasteiger partial charge in [0.05, 0.1) is 5.69 Å². The van der Waals surface area contributed by atoms with Crippen LogP contribution in [0.15, 0.2) is 48.5 Å². The molecule has 0 radical (unpaired) electrons. The van der Waals surface area contributed by atoms with Crippen LogP contribution in [0.3, 0.4) is 0 Å². The van der Waals surface area contributed by atoms with Gasteiger partial charge in [0.1, 0.15) is 5.82 Å². The van der Waals surface area contributed by atoms with E-state index >= 15 is 0 Å². The molecule has 0 aliphatic rings. The number of carbonyl (C=O) groups is 1. The van der Waals surface area contributed by atoms with E-state index in [1.807, 2.05) is 30.3 Å². The van der Waals surface area contributed by atoms with Crippen molar-refractivity contribution in [2.24, 2.45) is 0 Å². The Morgan fingerprint density at radius 3 is 2.47 bits per heavy atom. The number of ketones is 1. The van der Waals surface area contributed by atoms with E-state index in [1.165, 1.54) is 25.1 Å². The Balaban J connectivity index is 2.37. The number of carbonyl (C=O) groups excluding carboxylic acids is 1. The summed E-state index contributed by atoms with van der Waals surface area (Å²) in [5.41, 5.74) is 1.79. The van der Waals surface area contributed by atoms with Gasteiger partial charge in [0.25, 0.3) is 0 Å². The Hall–Kier alpha value is -2.16. The summed E-state index contributed by atoms with van der Waals surface area (Å²) in [6.07, 6.45) is 0. The van der Waals surface area contributed by atoms with Crippen LogP contribution >= 0.6 is 0 Å². The third-order valence-corrected chi connectivity index (χ3v) is 2.41. The second kappa shape index (κ2) is 4.78. The lowest BCUT2D eigenvalue weighted by molar-refractivity contribution is 0.101. The number of Topliss-reactive ketones (excluding diaryl/α,β-unsaturated/α-hetero) is 1. The maximum atomic E-state index is 13.2. The maximum Gasteiger partial charge on any atom is 0.161 e. The molecule has 3 heteroatoms. The maximum absolute atomic E-state index is 13.2. The van der Waals surface area contributed by atoms with Crippen LogP contribution < -0.4 is 5.32 Å². The summed E-state index contributed by atoms with van der Waals surface area (Å²) in [6, 6.07) is 13.4. The van der Waals surface area contributed by atoms with Crippen molar-refractivity contribution >= 4 is 17.2 Å². The summed E-state index contributed by atoms with van der Waals surface area (Å²) in [5, 5.41) is 3.03. The van der Waals surface area contributed by atoms with Gasteiger partial charge in [0, 0.05) is 11.3 Å². The van der Waals surface area contributed by atoms with E-state index in [9.17, 15) is 9.18 Å². The molecule has 0 spiro atoms. The second-order valence-electron chi connectivity index (χ2n) is 3.74. The van der Waals surface area contributed by atoms with Crippen molar-refractivity contribution < 1.29 is 9.18 Å². The molecular formula is C14H12FNO. The highest BCUT2D eigenvalue weighted by Gasteiger charge is 2.08. The van der Waals surface area contributed by atoms with Gasteiger partial charge in [-0.15, -0.1) is 0 Å². The van der Waals surface area contributed by atoms with Crippen molar-refractivity contribution in [2.75, 3.05) is 5.32 Å². The van der Waals surface area contributed by atoms with E-state index in [4.69, 9.17) is 0 Å². The minimum absolute atomic E-state index is 0.0940. The van der Waals surface area contributed by atoms with E-state index in [1.54, 1.807) is 0 Å². The van der Waals surface area contributed by atoms with E-state index in [0.717, 1.165) is 5.69 Å². The molecule has 0 aliphatic heterocycles. The summed E-state index contributed by atoms with van der Waals surface area (Å²) >= 11 is 0. The monoisotopic (exact) mass is 229 g/mol. The number of nitrogens with one attached hydrogen (secondary N) is 1. The van der Waals surface area contributed by atoms with Gasteiger partial charge in [-0.25, -0.2) is 4.39 Å². The largest absolute Gasteiger partial charge is 0.355 e. The first-order valence-electron chi connectivity index (χ1n) is 5.29. The number of benzene rings is 2. The first-order chi connectivity index (χ1) is 8.16. The molecule has 0 bridgehead atoms. The molecule has 2 rings (SSSR count). The fraction of sp³-hybridized carbons (Fsp3) is 0.0714. The molecule has 2 nitrogen and oxygen atoms in total. The molecule has 86 valence electrons. The molecule has 0 saturated carbocycles. The smallest absolute Gasteiger partial charge is 0.161 e. The van der Waals surface area contributed by atoms with E-state index in [2.05, 4.69) is 5.32 Å². The van der Waals surface area contributed by atoms with Gasteiger partial charge in [0.2, 0.25) is 0 Å². The van der Waals surface area contributed by atoms with Crippen LogP contribution in [0, 0.1) is 5.82 Å². The lowest BCUT2D eigenvalue weighted by Crippen LogP contribution is -2.00. The average Bonchev–Trinajstić information content (AvgIpc) is 2.30. The number of anilines is 2. The molecule has 17 heavy (non-hydrogen) atoms. The van der Waals surface area contributed by atoms with Crippen LogP contribution in [0.1, 0.15) is 17.3 Å². The molecule has 0 heterocycles. The highest BCUT2D eigenvalue weighted by molar-refractivity contribution is 6.00. The van der Waals surface area contributed by atoms with Gasteiger partial charge in [0.15, 0.2) is 5.78 Å². The number of hydrogen-bond donors (Lipinski definition) is 1. The van der Waals surface area contributed by atoms with Crippen molar-refractivity contribution in [3.8, 4) is 0 Å². The minimum Gasteiger partial charge on any atom is -0.355 e. The average molecular weight is 229 g/mol. The number of rotatable bonds is 3. The third-order valence-electron chi connectivity index (χ3n) is 2.41. The SMILES string of the molecule is CC(=O)c1ccc(F)cc1Nc1ccccc1. The summed E-state index contributed by atoms with van der Waals surface area (Å²) < 4.78 is 13.2. The van der Waals surface area contributed by atoms with Crippen LogP contribution in [0.5, 0.6) is 0 Å². The van der Waals surface area contributed by atoms with Crippen LogP contribution in [-0.4, -0.2) is 5.78 Å². The summed E-state index contributed by atoms with van der Waals surface area (Å²) in [4.78, 5) is 11.4. The standard InChI is InChI=1S/C14H12FNO/c1-10(17)13-8-7-11(15)9-14(13)16-12-5-3-2-4-6-12/h2-9,16H,1H3. The molecule has 0 amide bonds. The number of hydrogen-bond acceptors (Lipinski definition) is 2. The predicted octanol–water partition coefficient (Wildman–Crippen LogP) is 3.77. The molecule has 0 atom stereocenters. The molecule has 0 aromatic heterocycles. The van der Waals surface area contributed by atoms with Gasteiger partial charge < -0.3 is 5.32 Å². The first-order valence-corrected chi connectivity index (χ1v) is 5.29. The predicted molar refractivity (Wildman–Crippen MR) is 66.1 cm³/mol. The summed E-state index contributed by atoms with van der Waals surface area (Å²) in [5.74, 6) is -0.461. The number of para-hydroxylation sites is 1. The molecule has 0 fully saturated rings. The van der Waals surface area contributed by atoms with E-state index in [0.29, 0.717) is 11.3 Å². The summed E-state index contributed by atoms with van der Waals surface area (Å²) in [6.45, 7) is 1.46. The zero-order valence-electron chi connectivity index (χ0n) is 9.41. The van der Waals surface area contributed by atoms with Gasteiger partial charge in [-0.3, -0.25) is 4.79 Å². The topological polar surface area (TPSA) is 29.1 Å². The normalized spacial score (nSPS) is 10.0. The lowest BCUT2D eigenvalue weighted by Gasteiger charge is -2.10. The van der Waals surface area contributed by atoms with Gasteiger partial charge in [-0.2, -0.15) is 0 Å². The Morgan fingerprint density at radius 1 is 1.12 bits per heavy atom. The van der Waals surface area contributed by atoms with E-state index < -0.39 is 0 Å². The van der Waals surface area contributed by atoms with Crippen LogP contribution in [0.2, 0.25) is 0 Å². The highest BCUT2D eigenvalue weighted by Crippen LogP contribution is 2.22. The quantitative estimate of drug-likeness (QED) is 0.811. The molecule has 2 aromatic carbocycles. The molecule has 2 aromatic rings. The van der Waals surface area contributed by atoms with Crippen LogP contribution in [0.25, 0.3) is 0 Å². The van der Waals surface area contributed by atoms with Crippen molar-refractivity contribution in [1.29, 1.82) is 0 Å². The second-order valence-corrected chi connectivity index (χ2v) is 3.74. The lowest BCUT2D eigenvalue weighted by atomic mass is 10.1. The van der Waals surface area contributed by atoms with Gasteiger partial charge in [-0.1, -0.05) is 18.2 Å². The first kappa shape index (κ1) is 11.3. The Bertz CT molecular complexity index is 537. The third kappa shape index (κ3) is 2.69. The van der Waals surface area contributed by atoms with Gasteiger partial charge in [-0.05, 0) is 37.3 Å². The van der Waals surface area contributed by atoms with Crippen LogP contribution in [-0.2, 0) is 0 Å². The Kier molecular flexibility index (Phi) is 3.19. The number of halogens is 1. The highest BCUT2D eigenvalue weighted by atomic mass is 19.1. The molecule has 0 saturated heterocycles. The van der Waals surface area contributed by atoms with Crippen molar-refractivity contribution in [3.05, 3.63) is 59.9 Å². The van der Waals surface area contributed by atoms with Crippen LogP contribution in [0.4, 0.5) is 15.8 Å². The zero-order chi connectivity index (χ0) is 12.3. The molecule has 1 N–H and O–H groups in total. The van der Waals surface area contributed by atoms with Crippen molar-refractivity contribution in [3.63, 3.8) is 0 Å². The van der Waals surface area contributed by atoms with Gasteiger partial charge >= 0.3 is 0 Å². The van der Waals surface area contributed by atoms with Crippen molar-refractivity contribution in [1.82, 2.24) is 0 Å². The minimum atomic E-state index is -0.367. The fourth-order valence-electron chi connectivity index (χ4n) is 1.60. The zero-order valence-corrected chi connectivity index (χ0v) is 9.41. The fourth-order valence-corrected chi connectivity index (χ4v) is 1.60.